The van der Waals surface area contributed by atoms with E-state index in [1.807, 2.05) is 5.32 Å². The Kier molecular flexibility index (Phi) is 6.87. The Morgan fingerprint density at radius 1 is 1.29 bits per heavy atom. The predicted octanol–water partition coefficient (Wildman–Crippen LogP) is 2.84. The zero-order chi connectivity index (χ0) is 25.5. The normalized spacial score (nSPS) is 26.0. The minimum Gasteiger partial charge on any atom is -0.395 e. The van der Waals surface area contributed by atoms with Crippen molar-refractivity contribution < 1.29 is 33.0 Å². The Labute approximate surface area is 204 Å². The van der Waals surface area contributed by atoms with Gasteiger partial charge in [0.2, 0.25) is 0 Å². The van der Waals surface area contributed by atoms with E-state index in [9.17, 15) is 27.9 Å². The Morgan fingerprint density at radius 2 is 1.94 bits per heavy atom. The first-order valence-electron chi connectivity index (χ1n) is 11.2. The van der Waals surface area contributed by atoms with Gasteiger partial charge in [-0.1, -0.05) is 11.6 Å². The molecule has 2 saturated carbocycles. The Morgan fingerprint density at radius 3 is 2.54 bits per heavy atom. The third-order valence-corrected chi connectivity index (χ3v) is 7.34. The number of aliphatic hydroxyl groups is 2. The molecule has 0 saturated heterocycles. The molecule has 4 rings (SSSR count). The van der Waals surface area contributed by atoms with Gasteiger partial charge in [-0.25, -0.2) is 9.37 Å². The number of carbonyl (C=O) groups excluding carboxylic acids is 2. The molecule has 2 fully saturated rings. The number of halogens is 4. The van der Waals surface area contributed by atoms with Gasteiger partial charge in [0.15, 0.2) is 0 Å². The van der Waals surface area contributed by atoms with Gasteiger partial charge in [-0.2, -0.15) is 8.78 Å². The molecule has 0 aliphatic heterocycles. The number of aromatic nitrogens is 2. The highest BCUT2D eigenvalue weighted by molar-refractivity contribution is 6.31. The summed E-state index contributed by atoms with van der Waals surface area (Å²) in [4.78, 5) is 29.3. The summed E-state index contributed by atoms with van der Waals surface area (Å²) < 4.78 is 44.5. The summed E-state index contributed by atoms with van der Waals surface area (Å²) in [5, 5.41) is 24.0. The van der Waals surface area contributed by atoms with Crippen molar-refractivity contribution in [1.29, 1.82) is 0 Å². The first-order valence-corrected chi connectivity index (χ1v) is 11.6. The number of aryl methyl sites for hydroxylation is 1. The van der Waals surface area contributed by atoms with Crippen LogP contribution >= 0.6 is 11.6 Å². The van der Waals surface area contributed by atoms with E-state index >= 15 is 0 Å². The molecule has 1 heterocycles. The fourth-order valence-corrected chi connectivity index (χ4v) is 5.60. The van der Waals surface area contributed by atoms with Crippen LogP contribution in [0.4, 0.5) is 18.9 Å². The van der Waals surface area contributed by atoms with Crippen LogP contribution in [0.5, 0.6) is 0 Å². The molecule has 2 amide bonds. The standard InChI is InChI=1S/C23H26ClF3N4O4/c1-31-11-29-18(19(31)20(33)30-15-2-3-17(25)16(24)8-15)12-6-13-9-22(35,10-14(13)7-12)23(26,27)21(34)28-4-5-32/h2-3,8,11-14,32,35H,4-7,9-10H2,1H3,(H,28,34)(H,30,33). The number of imidazole rings is 1. The number of hydrogen-bond donors (Lipinski definition) is 4. The van der Waals surface area contributed by atoms with Crippen LogP contribution in [-0.4, -0.2) is 56.3 Å². The van der Waals surface area contributed by atoms with Crippen LogP contribution in [0.1, 0.15) is 47.8 Å². The van der Waals surface area contributed by atoms with Gasteiger partial charge in [0.25, 0.3) is 11.8 Å². The lowest BCUT2D eigenvalue weighted by Gasteiger charge is -2.32. The van der Waals surface area contributed by atoms with Crippen LogP contribution in [-0.2, 0) is 11.8 Å². The van der Waals surface area contributed by atoms with E-state index in [1.165, 1.54) is 18.5 Å². The smallest absolute Gasteiger partial charge is 0.352 e. The van der Waals surface area contributed by atoms with E-state index in [-0.39, 0.29) is 42.2 Å². The molecule has 35 heavy (non-hydrogen) atoms. The summed E-state index contributed by atoms with van der Waals surface area (Å²) in [6.07, 6.45) is 1.85. The number of aliphatic hydroxyl groups excluding tert-OH is 1. The summed E-state index contributed by atoms with van der Waals surface area (Å²) in [6.45, 7) is -0.810. The highest BCUT2D eigenvalue weighted by atomic mass is 35.5. The number of anilines is 1. The minimum atomic E-state index is -3.99. The molecule has 190 valence electrons. The molecule has 1 aromatic carbocycles. The third-order valence-electron chi connectivity index (χ3n) is 7.05. The first kappa shape index (κ1) is 25.5. The van der Waals surface area contributed by atoms with E-state index in [0.29, 0.717) is 29.9 Å². The van der Waals surface area contributed by atoms with Crippen molar-refractivity contribution in [3.05, 3.63) is 46.8 Å². The number of alkyl halides is 2. The predicted molar refractivity (Wildman–Crippen MR) is 121 cm³/mol. The number of nitrogens with zero attached hydrogens (tertiary/aromatic N) is 2. The fraction of sp³-hybridized carbons (Fsp3) is 0.522. The second-order valence-corrected chi connectivity index (χ2v) is 9.76. The van der Waals surface area contributed by atoms with Gasteiger partial charge in [0.1, 0.15) is 17.1 Å². The average Bonchev–Trinajstić information content (AvgIpc) is 3.45. The second kappa shape index (κ2) is 9.44. The molecular formula is C23H26ClF3N4O4. The largest absolute Gasteiger partial charge is 0.395 e. The molecule has 0 spiro atoms. The lowest BCUT2D eigenvalue weighted by atomic mass is 9.87. The maximum atomic E-state index is 14.7. The first-order chi connectivity index (χ1) is 16.5. The van der Waals surface area contributed by atoms with Crippen LogP contribution < -0.4 is 10.6 Å². The molecule has 8 nitrogen and oxygen atoms in total. The van der Waals surface area contributed by atoms with Gasteiger partial charge in [-0.15, -0.1) is 0 Å². The summed E-state index contributed by atoms with van der Waals surface area (Å²) in [7, 11) is 1.66. The SMILES string of the molecule is Cn1cnc(C2CC3CC(O)(C(F)(F)C(=O)NCCO)CC3C2)c1C(=O)Nc1ccc(F)c(Cl)c1. The Bertz CT molecular complexity index is 1130. The highest BCUT2D eigenvalue weighted by Gasteiger charge is 2.64. The lowest BCUT2D eigenvalue weighted by Crippen LogP contribution is -2.56. The van der Waals surface area contributed by atoms with Crippen LogP contribution in [0.25, 0.3) is 0 Å². The Hall–Kier alpha value is -2.63. The molecule has 2 unspecified atom stereocenters. The zero-order valence-electron chi connectivity index (χ0n) is 18.9. The number of rotatable bonds is 7. The molecule has 4 N–H and O–H groups in total. The maximum absolute atomic E-state index is 14.7. The van der Waals surface area contributed by atoms with Crippen molar-refractivity contribution in [3.8, 4) is 0 Å². The average molecular weight is 515 g/mol. The van der Waals surface area contributed by atoms with Crippen LogP contribution in [0.3, 0.4) is 0 Å². The van der Waals surface area contributed by atoms with Crippen molar-refractivity contribution in [2.24, 2.45) is 18.9 Å². The number of nitrogens with one attached hydrogen (secondary N) is 2. The third kappa shape index (κ3) is 4.64. The van der Waals surface area contributed by atoms with E-state index in [0.717, 1.165) is 6.07 Å². The molecule has 2 atom stereocenters. The Balaban J connectivity index is 1.47. The molecule has 1 aromatic heterocycles. The summed E-state index contributed by atoms with van der Waals surface area (Å²) in [5.41, 5.74) is -1.36. The highest BCUT2D eigenvalue weighted by Crippen LogP contribution is 2.57. The summed E-state index contributed by atoms with van der Waals surface area (Å²) in [5.74, 6) is -7.40. The number of fused-ring (bicyclic) bond motifs is 1. The van der Waals surface area contributed by atoms with Crippen LogP contribution in [0.15, 0.2) is 24.5 Å². The monoisotopic (exact) mass is 514 g/mol. The van der Waals surface area contributed by atoms with Gasteiger partial charge >= 0.3 is 5.92 Å². The van der Waals surface area contributed by atoms with E-state index in [1.54, 1.807) is 11.6 Å². The van der Waals surface area contributed by atoms with E-state index in [2.05, 4.69) is 10.3 Å². The summed E-state index contributed by atoms with van der Waals surface area (Å²) in [6, 6.07) is 3.82. The van der Waals surface area contributed by atoms with Crippen molar-refractivity contribution in [1.82, 2.24) is 14.9 Å². The van der Waals surface area contributed by atoms with Crippen molar-refractivity contribution >= 4 is 29.1 Å². The second-order valence-electron chi connectivity index (χ2n) is 9.35. The van der Waals surface area contributed by atoms with Gasteiger partial charge in [-0.3, -0.25) is 9.59 Å². The van der Waals surface area contributed by atoms with Crippen molar-refractivity contribution in [3.63, 3.8) is 0 Å². The van der Waals surface area contributed by atoms with Gasteiger partial charge in [0.05, 0.1) is 23.7 Å². The fourth-order valence-electron chi connectivity index (χ4n) is 5.42. The van der Waals surface area contributed by atoms with Crippen molar-refractivity contribution in [2.75, 3.05) is 18.5 Å². The van der Waals surface area contributed by atoms with Crippen LogP contribution in [0.2, 0.25) is 5.02 Å². The summed E-state index contributed by atoms with van der Waals surface area (Å²) >= 11 is 5.79. The van der Waals surface area contributed by atoms with Gasteiger partial charge in [0, 0.05) is 25.2 Å². The topological polar surface area (TPSA) is 116 Å². The quantitative estimate of drug-likeness (QED) is 0.453. The minimum absolute atomic E-state index is 0.133. The van der Waals surface area contributed by atoms with E-state index < -0.39 is 35.8 Å². The number of benzene rings is 1. The molecule has 12 heteroatoms. The van der Waals surface area contributed by atoms with Crippen LogP contribution in [0, 0.1) is 17.7 Å². The van der Waals surface area contributed by atoms with E-state index in [4.69, 9.17) is 16.7 Å². The number of hydrogen-bond acceptors (Lipinski definition) is 5. The number of amides is 2. The molecule has 2 aromatic rings. The molecule has 0 radical (unpaired) electrons. The molecular weight excluding hydrogens is 489 g/mol. The molecule has 2 aliphatic rings. The lowest BCUT2D eigenvalue weighted by molar-refractivity contribution is -0.192. The van der Waals surface area contributed by atoms with Gasteiger partial charge < -0.3 is 25.4 Å². The maximum Gasteiger partial charge on any atom is 0.352 e. The molecule has 2 aliphatic carbocycles. The zero-order valence-corrected chi connectivity index (χ0v) is 19.7. The van der Waals surface area contributed by atoms with Crippen molar-refractivity contribution in [2.45, 2.75) is 43.1 Å². The number of carbonyl (C=O) groups is 2. The molecule has 0 bridgehead atoms. The van der Waals surface area contributed by atoms with Gasteiger partial charge in [-0.05, 0) is 55.7 Å².